The van der Waals surface area contributed by atoms with Crippen LogP contribution in [0.5, 0.6) is 11.5 Å². The Kier molecular flexibility index (Phi) is 5.06. The third-order valence-corrected chi connectivity index (χ3v) is 4.21. The van der Waals surface area contributed by atoms with Crippen molar-refractivity contribution >= 4 is 17.5 Å². The largest absolute Gasteiger partial charge is 0.497 e. The van der Waals surface area contributed by atoms with Crippen LogP contribution in [0, 0.1) is 5.82 Å². The van der Waals surface area contributed by atoms with E-state index >= 15 is 0 Å². The SMILES string of the molecule is COc1cc(OC)cc(C(=O)NC2CC(=O)N(c3ccc(F)cc3)C2)c1. The second-order valence-corrected chi connectivity index (χ2v) is 5.96. The van der Waals surface area contributed by atoms with E-state index in [1.165, 1.54) is 31.3 Å². The van der Waals surface area contributed by atoms with E-state index in [1.807, 2.05) is 0 Å². The van der Waals surface area contributed by atoms with Crippen molar-refractivity contribution in [2.45, 2.75) is 12.5 Å². The summed E-state index contributed by atoms with van der Waals surface area (Å²) in [4.78, 5) is 26.3. The average Bonchev–Trinajstić information content (AvgIpc) is 3.01. The van der Waals surface area contributed by atoms with Gasteiger partial charge >= 0.3 is 0 Å². The zero-order valence-corrected chi connectivity index (χ0v) is 14.5. The summed E-state index contributed by atoms with van der Waals surface area (Å²) in [5.41, 5.74) is 0.991. The summed E-state index contributed by atoms with van der Waals surface area (Å²) < 4.78 is 23.4. The molecule has 26 heavy (non-hydrogen) atoms. The highest BCUT2D eigenvalue weighted by atomic mass is 19.1. The minimum atomic E-state index is -0.364. The van der Waals surface area contributed by atoms with Crippen molar-refractivity contribution in [1.29, 1.82) is 0 Å². The first-order valence-corrected chi connectivity index (χ1v) is 8.10. The quantitative estimate of drug-likeness (QED) is 0.891. The Hall–Kier alpha value is -3.09. The minimum absolute atomic E-state index is 0.120. The third-order valence-electron chi connectivity index (χ3n) is 4.21. The van der Waals surface area contributed by atoms with Gasteiger partial charge in [-0.3, -0.25) is 9.59 Å². The topological polar surface area (TPSA) is 67.9 Å². The zero-order valence-electron chi connectivity index (χ0n) is 14.5. The first kappa shape index (κ1) is 17.7. The molecule has 0 spiro atoms. The molecule has 1 heterocycles. The first-order chi connectivity index (χ1) is 12.5. The average molecular weight is 358 g/mol. The molecule has 7 heteroatoms. The van der Waals surface area contributed by atoms with E-state index < -0.39 is 0 Å². The number of carbonyl (C=O) groups is 2. The second-order valence-electron chi connectivity index (χ2n) is 5.96. The van der Waals surface area contributed by atoms with Gasteiger partial charge in [-0.05, 0) is 36.4 Å². The Balaban J connectivity index is 1.71. The number of benzene rings is 2. The van der Waals surface area contributed by atoms with Gasteiger partial charge in [0.2, 0.25) is 5.91 Å². The van der Waals surface area contributed by atoms with Gasteiger partial charge in [0, 0.05) is 30.3 Å². The predicted octanol–water partition coefficient (Wildman–Crippen LogP) is 2.38. The number of nitrogens with zero attached hydrogens (tertiary/aromatic N) is 1. The Morgan fingerprint density at radius 2 is 1.73 bits per heavy atom. The van der Waals surface area contributed by atoms with Gasteiger partial charge in [0.05, 0.1) is 20.3 Å². The number of halogens is 1. The number of rotatable bonds is 5. The normalized spacial score (nSPS) is 16.5. The molecule has 0 radical (unpaired) electrons. The van der Waals surface area contributed by atoms with Crippen molar-refractivity contribution < 1.29 is 23.5 Å². The van der Waals surface area contributed by atoms with Gasteiger partial charge in [-0.1, -0.05) is 0 Å². The second kappa shape index (κ2) is 7.43. The van der Waals surface area contributed by atoms with Crippen molar-refractivity contribution in [2.24, 2.45) is 0 Å². The van der Waals surface area contributed by atoms with Gasteiger partial charge in [-0.2, -0.15) is 0 Å². The van der Waals surface area contributed by atoms with E-state index in [9.17, 15) is 14.0 Å². The molecule has 0 bridgehead atoms. The van der Waals surface area contributed by atoms with E-state index in [0.29, 0.717) is 29.3 Å². The molecule has 3 rings (SSSR count). The Labute approximate surface area is 150 Å². The molecule has 1 N–H and O–H groups in total. The summed E-state index contributed by atoms with van der Waals surface area (Å²) in [6.45, 7) is 0.331. The van der Waals surface area contributed by atoms with Gasteiger partial charge in [0.1, 0.15) is 17.3 Å². The molecule has 0 aromatic heterocycles. The van der Waals surface area contributed by atoms with Gasteiger partial charge in [-0.15, -0.1) is 0 Å². The molecular weight excluding hydrogens is 339 g/mol. The van der Waals surface area contributed by atoms with Crippen LogP contribution in [0.2, 0.25) is 0 Å². The van der Waals surface area contributed by atoms with Crippen LogP contribution in [0.25, 0.3) is 0 Å². The summed E-state index contributed by atoms with van der Waals surface area (Å²) in [6, 6.07) is 10.2. The molecule has 1 saturated heterocycles. The van der Waals surface area contributed by atoms with Crippen LogP contribution in [-0.4, -0.2) is 38.6 Å². The lowest BCUT2D eigenvalue weighted by Crippen LogP contribution is -2.37. The molecule has 6 nitrogen and oxygen atoms in total. The van der Waals surface area contributed by atoms with Crippen molar-refractivity contribution in [1.82, 2.24) is 5.32 Å². The highest BCUT2D eigenvalue weighted by Crippen LogP contribution is 2.24. The number of amides is 2. The summed E-state index contributed by atoms with van der Waals surface area (Å²) in [5.74, 6) is 0.207. The summed E-state index contributed by atoms with van der Waals surface area (Å²) in [7, 11) is 3.01. The van der Waals surface area contributed by atoms with E-state index in [1.54, 1.807) is 30.3 Å². The van der Waals surface area contributed by atoms with Crippen LogP contribution in [0.15, 0.2) is 42.5 Å². The molecular formula is C19H19FN2O4. The number of methoxy groups -OCH3 is 2. The molecule has 0 saturated carbocycles. The Morgan fingerprint density at radius 1 is 1.12 bits per heavy atom. The number of carbonyl (C=O) groups excluding carboxylic acids is 2. The maximum Gasteiger partial charge on any atom is 0.251 e. The summed E-state index contributed by atoms with van der Waals surface area (Å²) in [6.07, 6.45) is 0.185. The van der Waals surface area contributed by atoms with Crippen molar-refractivity contribution in [3.63, 3.8) is 0 Å². The van der Waals surface area contributed by atoms with Gasteiger partial charge in [0.25, 0.3) is 5.91 Å². The lowest BCUT2D eigenvalue weighted by Gasteiger charge is -2.17. The number of nitrogens with one attached hydrogen (secondary N) is 1. The third kappa shape index (κ3) is 3.77. The fourth-order valence-electron chi connectivity index (χ4n) is 2.88. The van der Waals surface area contributed by atoms with Crippen LogP contribution < -0.4 is 19.7 Å². The maximum atomic E-state index is 13.0. The zero-order chi connectivity index (χ0) is 18.7. The number of hydrogen-bond acceptors (Lipinski definition) is 4. The molecule has 1 aliphatic rings. The Morgan fingerprint density at radius 3 is 2.31 bits per heavy atom. The van der Waals surface area contributed by atoms with Crippen molar-refractivity contribution in [2.75, 3.05) is 25.7 Å². The molecule has 1 fully saturated rings. The monoisotopic (exact) mass is 358 g/mol. The van der Waals surface area contributed by atoms with Gasteiger partial charge in [-0.25, -0.2) is 4.39 Å². The number of hydrogen-bond donors (Lipinski definition) is 1. The summed E-state index contributed by atoms with van der Waals surface area (Å²) in [5, 5.41) is 2.85. The van der Waals surface area contributed by atoms with E-state index in [4.69, 9.17) is 9.47 Å². The van der Waals surface area contributed by atoms with Gasteiger partial charge in [0.15, 0.2) is 0 Å². The molecule has 0 aliphatic carbocycles. The van der Waals surface area contributed by atoms with Crippen molar-refractivity contribution in [3.8, 4) is 11.5 Å². The van der Waals surface area contributed by atoms with E-state index in [-0.39, 0.29) is 30.1 Å². The molecule has 2 aromatic rings. The van der Waals surface area contributed by atoms with Crippen LogP contribution in [0.4, 0.5) is 10.1 Å². The highest BCUT2D eigenvalue weighted by Gasteiger charge is 2.31. The molecule has 1 aliphatic heterocycles. The number of anilines is 1. The molecule has 2 aromatic carbocycles. The minimum Gasteiger partial charge on any atom is -0.497 e. The van der Waals surface area contributed by atoms with E-state index in [0.717, 1.165) is 0 Å². The molecule has 1 unspecified atom stereocenters. The highest BCUT2D eigenvalue weighted by molar-refractivity contribution is 5.99. The summed E-state index contributed by atoms with van der Waals surface area (Å²) >= 11 is 0. The van der Waals surface area contributed by atoms with Crippen molar-refractivity contribution in [3.05, 3.63) is 53.8 Å². The van der Waals surface area contributed by atoms with Crippen LogP contribution in [0.1, 0.15) is 16.8 Å². The predicted molar refractivity (Wildman–Crippen MR) is 94.2 cm³/mol. The lowest BCUT2D eigenvalue weighted by atomic mass is 10.1. The first-order valence-electron chi connectivity index (χ1n) is 8.10. The fraction of sp³-hybridized carbons (Fsp3) is 0.263. The van der Waals surface area contributed by atoms with Crippen LogP contribution >= 0.6 is 0 Å². The Bertz CT molecular complexity index is 801. The number of ether oxygens (including phenoxy) is 2. The molecule has 1 atom stereocenters. The van der Waals surface area contributed by atoms with E-state index in [2.05, 4.69) is 5.32 Å². The molecule has 136 valence electrons. The standard InChI is InChI=1S/C19H19FN2O4/c1-25-16-7-12(8-17(10-16)26-2)19(24)21-14-9-18(23)22(11-14)15-5-3-13(20)4-6-15/h3-8,10,14H,9,11H2,1-2H3,(H,21,24). The van der Waals surface area contributed by atoms with Gasteiger partial charge < -0.3 is 19.7 Å². The smallest absolute Gasteiger partial charge is 0.251 e. The van der Waals surface area contributed by atoms with Crippen LogP contribution in [0.3, 0.4) is 0 Å². The lowest BCUT2D eigenvalue weighted by molar-refractivity contribution is -0.117. The fourth-order valence-corrected chi connectivity index (χ4v) is 2.88. The van der Waals surface area contributed by atoms with Crippen LogP contribution in [-0.2, 0) is 4.79 Å². The maximum absolute atomic E-state index is 13.0. The molecule has 2 amide bonds.